The van der Waals surface area contributed by atoms with E-state index in [1.54, 1.807) is 36.4 Å². The third-order valence-electron chi connectivity index (χ3n) is 3.93. The second-order valence-electron chi connectivity index (χ2n) is 6.99. The van der Waals surface area contributed by atoms with Crippen molar-refractivity contribution in [1.82, 2.24) is 5.32 Å². The Balaban J connectivity index is 1.85. The summed E-state index contributed by atoms with van der Waals surface area (Å²) >= 11 is 0. The van der Waals surface area contributed by atoms with E-state index in [2.05, 4.69) is 21.3 Å². The van der Waals surface area contributed by atoms with Crippen LogP contribution in [0.25, 0.3) is 0 Å². The Labute approximate surface area is 171 Å². The Morgan fingerprint density at radius 2 is 1.52 bits per heavy atom. The number of benzene rings is 2. The van der Waals surface area contributed by atoms with Gasteiger partial charge in [0.15, 0.2) is 0 Å². The molecule has 0 aromatic heterocycles. The largest absolute Gasteiger partial charge is 0.376 e. The van der Waals surface area contributed by atoms with Gasteiger partial charge < -0.3 is 21.3 Å². The SMILES string of the molecule is CCCC(=O)Nc1cccc(NCC(=O)Nc2ccc(C(=O)NC(C)C)cc2)c1. The minimum atomic E-state index is -0.218. The molecule has 0 aliphatic heterocycles. The van der Waals surface area contributed by atoms with E-state index in [-0.39, 0.29) is 30.3 Å². The van der Waals surface area contributed by atoms with Crippen molar-refractivity contribution < 1.29 is 14.4 Å². The van der Waals surface area contributed by atoms with Gasteiger partial charge in [0.2, 0.25) is 11.8 Å². The van der Waals surface area contributed by atoms with E-state index >= 15 is 0 Å². The van der Waals surface area contributed by atoms with Crippen molar-refractivity contribution >= 4 is 34.8 Å². The van der Waals surface area contributed by atoms with Crippen molar-refractivity contribution in [2.75, 3.05) is 22.5 Å². The van der Waals surface area contributed by atoms with E-state index in [1.807, 2.05) is 32.9 Å². The van der Waals surface area contributed by atoms with Gasteiger partial charge >= 0.3 is 0 Å². The maximum Gasteiger partial charge on any atom is 0.251 e. The van der Waals surface area contributed by atoms with Crippen LogP contribution in [-0.4, -0.2) is 30.3 Å². The molecule has 0 bridgehead atoms. The molecule has 7 heteroatoms. The highest BCUT2D eigenvalue weighted by atomic mass is 16.2. The van der Waals surface area contributed by atoms with Crippen LogP contribution in [0.2, 0.25) is 0 Å². The maximum atomic E-state index is 12.2. The number of nitrogens with one attached hydrogen (secondary N) is 4. The number of hydrogen-bond donors (Lipinski definition) is 4. The fourth-order valence-corrected chi connectivity index (χ4v) is 2.60. The molecule has 0 aliphatic rings. The Morgan fingerprint density at radius 1 is 0.862 bits per heavy atom. The molecule has 154 valence electrons. The lowest BCUT2D eigenvalue weighted by molar-refractivity contribution is -0.116. The van der Waals surface area contributed by atoms with Crippen molar-refractivity contribution in [1.29, 1.82) is 0 Å². The molecular formula is C22H28N4O3. The van der Waals surface area contributed by atoms with Crippen LogP contribution in [-0.2, 0) is 9.59 Å². The van der Waals surface area contributed by atoms with Gasteiger partial charge in [0.05, 0.1) is 6.54 Å². The minimum Gasteiger partial charge on any atom is -0.376 e. The summed E-state index contributed by atoms with van der Waals surface area (Å²) in [5.41, 5.74) is 2.56. The highest BCUT2D eigenvalue weighted by Gasteiger charge is 2.08. The van der Waals surface area contributed by atoms with E-state index in [0.29, 0.717) is 23.4 Å². The van der Waals surface area contributed by atoms with Crippen molar-refractivity contribution in [2.24, 2.45) is 0 Å². The zero-order chi connectivity index (χ0) is 21.2. The van der Waals surface area contributed by atoms with Crippen LogP contribution >= 0.6 is 0 Å². The Kier molecular flexibility index (Phi) is 8.21. The lowest BCUT2D eigenvalue weighted by Gasteiger charge is -2.11. The topological polar surface area (TPSA) is 99.3 Å². The molecule has 0 saturated heterocycles. The Morgan fingerprint density at radius 3 is 2.17 bits per heavy atom. The number of carbonyl (C=O) groups is 3. The highest BCUT2D eigenvalue weighted by molar-refractivity contribution is 5.97. The van der Waals surface area contributed by atoms with Gasteiger partial charge in [0, 0.05) is 35.1 Å². The summed E-state index contributed by atoms with van der Waals surface area (Å²) < 4.78 is 0. The first-order valence-corrected chi connectivity index (χ1v) is 9.72. The summed E-state index contributed by atoms with van der Waals surface area (Å²) in [6.07, 6.45) is 1.26. The van der Waals surface area contributed by atoms with E-state index in [1.165, 1.54) is 0 Å². The monoisotopic (exact) mass is 396 g/mol. The quantitative estimate of drug-likeness (QED) is 0.520. The van der Waals surface area contributed by atoms with Crippen molar-refractivity contribution in [3.05, 3.63) is 54.1 Å². The first-order valence-electron chi connectivity index (χ1n) is 9.72. The van der Waals surface area contributed by atoms with Crippen LogP contribution in [0.15, 0.2) is 48.5 Å². The molecule has 29 heavy (non-hydrogen) atoms. The molecule has 7 nitrogen and oxygen atoms in total. The number of carbonyl (C=O) groups excluding carboxylic acids is 3. The number of amides is 3. The van der Waals surface area contributed by atoms with Crippen LogP contribution in [0.1, 0.15) is 44.0 Å². The van der Waals surface area contributed by atoms with Gasteiger partial charge in [-0.1, -0.05) is 13.0 Å². The molecular weight excluding hydrogens is 368 g/mol. The molecule has 0 saturated carbocycles. The van der Waals surface area contributed by atoms with E-state index in [9.17, 15) is 14.4 Å². The molecule has 2 rings (SSSR count). The summed E-state index contributed by atoms with van der Waals surface area (Å²) in [7, 11) is 0. The van der Waals surface area contributed by atoms with Crippen LogP contribution in [0.5, 0.6) is 0 Å². The first kappa shape index (κ1) is 21.9. The van der Waals surface area contributed by atoms with Gasteiger partial charge in [-0.25, -0.2) is 0 Å². The standard InChI is InChI=1S/C22H28N4O3/c1-4-6-20(27)26-19-8-5-7-18(13-19)23-14-21(28)25-17-11-9-16(10-12-17)22(29)24-15(2)3/h5,7-13,15,23H,4,6,14H2,1-3H3,(H,24,29)(H,25,28)(H,26,27). The second-order valence-corrected chi connectivity index (χ2v) is 6.99. The van der Waals surface area contributed by atoms with Gasteiger partial charge in [0.25, 0.3) is 5.91 Å². The molecule has 0 aliphatic carbocycles. The van der Waals surface area contributed by atoms with Gasteiger partial charge in [-0.15, -0.1) is 0 Å². The van der Waals surface area contributed by atoms with Gasteiger partial charge in [-0.2, -0.15) is 0 Å². The molecule has 2 aromatic carbocycles. The summed E-state index contributed by atoms with van der Waals surface area (Å²) in [4.78, 5) is 35.8. The van der Waals surface area contributed by atoms with E-state index in [0.717, 1.165) is 12.1 Å². The normalized spacial score (nSPS) is 10.3. The first-order chi connectivity index (χ1) is 13.9. The zero-order valence-corrected chi connectivity index (χ0v) is 17.0. The number of rotatable bonds is 9. The summed E-state index contributed by atoms with van der Waals surface area (Å²) in [5, 5.41) is 11.5. The van der Waals surface area contributed by atoms with E-state index in [4.69, 9.17) is 0 Å². The molecule has 0 atom stereocenters. The third kappa shape index (κ3) is 7.65. The van der Waals surface area contributed by atoms with Crippen molar-refractivity contribution in [3.63, 3.8) is 0 Å². The zero-order valence-electron chi connectivity index (χ0n) is 17.0. The highest BCUT2D eigenvalue weighted by Crippen LogP contribution is 2.15. The fraction of sp³-hybridized carbons (Fsp3) is 0.318. The second kappa shape index (κ2) is 10.8. The summed E-state index contributed by atoms with van der Waals surface area (Å²) in [5.74, 6) is -0.400. The van der Waals surface area contributed by atoms with E-state index < -0.39 is 0 Å². The lowest BCUT2D eigenvalue weighted by atomic mass is 10.2. The van der Waals surface area contributed by atoms with Crippen LogP contribution in [0, 0.1) is 0 Å². The lowest BCUT2D eigenvalue weighted by Crippen LogP contribution is -2.30. The minimum absolute atomic E-state index is 0.0343. The van der Waals surface area contributed by atoms with Crippen molar-refractivity contribution in [3.8, 4) is 0 Å². The maximum absolute atomic E-state index is 12.2. The average molecular weight is 396 g/mol. The van der Waals surface area contributed by atoms with Crippen LogP contribution < -0.4 is 21.3 Å². The Bertz CT molecular complexity index is 847. The summed E-state index contributed by atoms with van der Waals surface area (Å²) in [6.45, 7) is 5.81. The number of anilines is 3. The molecule has 3 amide bonds. The Hall–Kier alpha value is -3.35. The van der Waals surface area contributed by atoms with Gasteiger partial charge in [0.1, 0.15) is 0 Å². The van der Waals surface area contributed by atoms with Crippen LogP contribution in [0.4, 0.5) is 17.1 Å². The molecule has 0 heterocycles. The fourth-order valence-electron chi connectivity index (χ4n) is 2.60. The predicted molar refractivity (Wildman–Crippen MR) is 116 cm³/mol. The predicted octanol–water partition coefficient (Wildman–Crippen LogP) is 3.61. The molecule has 0 fully saturated rings. The van der Waals surface area contributed by atoms with Crippen molar-refractivity contribution in [2.45, 2.75) is 39.7 Å². The van der Waals surface area contributed by atoms with Crippen LogP contribution in [0.3, 0.4) is 0 Å². The number of hydrogen-bond acceptors (Lipinski definition) is 4. The summed E-state index contributed by atoms with van der Waals surface area (Å²) in [6, 6.07) is 14.0. The molecule has 4 N–H and O–H groups in total. The smallest absolute Gasteiger partial charge is 0.251 e. The molecule has 0 unspecified atom stereocenters. The van der Waals surface area contributed by atoms with Gasteiger partial charge in [-0.3, -0.25) is 14.4 Å². The van der Waals surface area contributed by atoms with Gasteiger partial charge in [-0.05, 0) is 62.7 Å². The molecule has 2 aromatic rings. The average Bonchev–Trinajstić information content (AvgIpc) is 2.67. The molecule has 0 spiro atoms. The third-order valence-corrected chi connectivity index (χ3v) is 3.93. The molecule has 0 radical (unpaired) electrons.